The van der Waals surface area contributed by atoms with Crippen LogP contribution in [0.1, 0.15) is 15.9 Å². The lowest BCUT2D eigenvalue weighted by Crippen LogP contribution is -2.33. The third kappa shape index (κ3) is 2.70. The highest BCUT2D eigenvalue weighted by Gasteiger charge is 2.10. The molecule has 15 heavy (non-hydrogen) atoms. The van der Waals surface area contributed by atoms with Crippen molar-refractivity contribution < 1.29 is 9.59 Å². The number of carbonyl (C=O) groups excluding carboxylic acids is 2. The van der Waals surface area contributed by atoms with Crippen LogP contribution in [0.5, 0.6) is 0 Å². The number of amides is 2. The Morgan fingerprint density at radius 1 is 1.40 bits per heavy atom. The van der Waals surface area contributed by atoms with Gasteiger partial charge in [-0.1, -0.05) is 6.07 Å². The molecule has 1 rings (SSSR count). The fourth-order valence-electron chi connectivity index (χ4n) is 1.16. The second kappa shape index (κ2) is 4.45. The molecule has 1 aromatic rings. The molecule has 0 bridgehead atoms. The molecule has 0 atom stereocenters. The van der Waals surface area contributed by atoms with E-state index in [0.29, 0.717) is 16.8 Å². The highest BCUT2D eigenvalue weighted by atomic mass is 16.2. The average Bonchev–Trinajstić information content (AvgIpc) is 2.18. The van der Waals surface area contributed by atoms with Crippen LogP contribution < -0.4 is 16.8 Å². The normalized spacial score (nSPS) is 9.67. The molecule has 5 nitrogen and oxygen atoms in total. The fraction of sp³-hybridized carbons (Fsp3) is 0.200. The average molecular weight is 207 g/mol. The van der Waals surface area contributed by atoms with Crippen molar-refractivity contribution in [3.8, 4) is 0 Å². The number of rotatable bonds is 3. The van der Waals surface area contributed by atoms with E-state index >= 15 is 0 Å². The molecule has 5 heteroatoms. The number of benzene rings is 1. The number of nitrogens with two attached hydrogens (primary N) is 2. The van der Waals surface area contributed by atoms with Crippen molar-refractivity contribution in [1.82, 2.24) is 5.32 Å². The molecule has 1 aromatic carbocycles. The number of hydrogen-bond donors (Lipinski definition) is 3. The van der Waals surface area contributed by atoms with E-state index in [2.05, 4.69) is 5.32 Å². The molecule has 5 N–H and O–H groups in total. The van der Waals surface area contributed by atoms with E-state index in [0.717, 1.165) is 0 Å². The van der Waals surface area contributed by atoms with Gasteiger partial charge in [-0.15, -0.1) is 0 Å². The van der Waals surface area contributed by atoms with Crippen molar-refractivity contribution in [2.45, 2.75) is 6.92 Å². The number of primary amides is 1. The Hall–Kier alpha value is -2.04. The molecule has 0 radical (unpaired) electrons. The maximum atomic E-state index is 11.5. The number of anilines is 1. The van der Waals surface area contributed by atoms with Crippen molar-refractivity contribution >= 4 is 17.5 Å². The van der Waals surface area contributed by atoms with Gasteiger partial charge < -0.3 is 16.8 Å². The van der Waals surface area contributed by atoms with Crippen LogP contribution in [0.15, 0.2) is 18.2 Å². The molecule has 0 aliphatic carbocycles. The number of hydrogen-bond acceptors (Lipinski definition) is 3. The summed E-state index contributed by atoms with van der Waals surface area (Å²) in [6.45, 7) is 1.57. The first-order valence-electron chi connectivity index (χ1n) is 4.44. The van der Waals surface area contributed by atoms with Crippen LogP contribution in [-0.2, 0) is 4.79 Å². The molecule has 0 saturated heterocycles. The van der Waals surface area contributed by atoms with Crippen LogP contribution in [0.3, 0.4) is 0 Å². The SMILES string of the molecule is Cc1c(N)cccc1C(=O)NCC(N)=O. The molecule has 0 fully saturated rings. The van der Waals surface area contributed by atoms with Gasteiger partial charge in [0.15, 0.2) is 0 Å². The van der Waals surface area contributed by atoms with Crippen LogP contribution >= 0.6 is 0 Å². The summed E-state index contributed by atoms with van der Waals surface area (Å²) in [5, 5.41) is 2.40. The molecule has 0 aliphatic rings. The van der Waals surface area contributed by atoms with Crippen molar-refractivity contribution in [2.24, 2.45) is 5.73 Å². The predicted octanol–water partition coefficient (Wildman–Crippen LogP) is -0.208. The van der Waals surface area contributed by atoms with Crippen molar-refractivity contribution in [3.05, 3.63) is 29.3 Å². The fourth-order valence-corrected chi connectivity index (χ4v) is 1.16. The molecule has 0 spiro atoms. The monoisotopic (exact) mass is 207 g/mol. The van der Waals surface area contributed by atoms with Gasteiger partial charge in [0.05, 0.1) is 6.54 Å². The highest BCUT2D eigenvalue weighted by molar-refractivity contribution is 5.98. The first-order chi connectivity index (χ1) is 7.02. The summed E-state index contributed by atoms with van der Waals surface area (Å²) in [5.41, 5.74) is 12.2. The lowest BCUT2D eigenvalue weighted by Gasteiger charge is -2.07. The number of nitrogen functional groups attached to an aromatic ring is 1. The zero-order valence-corrected chi connectivity index (χ0v) is 8.41. The third-order valence-electron chi connectivity index (χ3n) is 2.04. The first-order valence-corrected chi connectivity index (χ1v) is 4.44. The Kier molecular flexibility index (Phi) is 3.28. The second-order valence-electron chi connectivity index (χ2n) is 3.17. The molecule has 0 saturated carbocycles. The highest BCUT2D eigenvalue weighted by Crippen LogP contribution is 2.14. The summed E-state index contributed by atoms with van der Waals surface area (Å²) in [6.07, 6.45) is 0. The van der Waals surface area contributed by atoms with E-state index in [1.165, 1.54) is 0 Å². The molecule has 0 unspecified atom stereocenters. The largest absolute Gasteiger partial charge is 0.398 e. The van der Waals surface area contributed by atoms with Gasteiger partial charge >= 0.3 is 0 Å². The minimum atomic E-state index is -0.579. The van der Waals surface area contributed by atoms with Gasteiger partial charge in [0.25, 0.3) is 5.91 Å². The Morgan fingerprint density at radius 3 is 2.67 bits per heavy atom. The Labute approximate surface area is 87.4 Å². The maximum absolute atomic E-state index is 11.5. The quantitative estimate of drug-likeness (QED) is 0.598. The summed E-state index contributed by atoms with van der Waals surface area (Å²) >= 11 is 0. The van der Waals surface area contributed by atoms with Gasteiger partial charge in [-0.3, -0.25) is 9.59 Å². The van der Waals surface area contributed by atoms with Crippen LogP contribution in [0.25, 0.3) is 0 Å². The minimum absolute atomic E-state index is 0.174. The van der Waals surface area contributed by atoms with Crippen molar-refractivity contribution in [1.29, 1.82) is 0 Å². The Bertz CT molecular complexity index is 402. The lowest BCUT2D eigenvalue weighted by molar-refractivity contribution is -0.117. The summed E-state index contributed by atoms with van der Waals surface area (Å²) in [6, 6.07) is 5.03. The van der Waals surface area contributed by atoms with E-state index in [9.17, 15) is 9.59 Å². The zero-order valence-electron chi connectivity index (χ0n) is 8.41. The molecular formula is C10H13N3O2. The summed E-state index contributed by atoms with van der Waals surface area (Å²) in [7, 11) is 0. The standard InChI is InChI=1S/C10H13N3O2/c1-6-7(3-2-4-8(6)11)10(15)13-5-9(12)14/h2-4H,5,11H2,1H3,(H2,12,14)(H,13,15). The second-order valence-corrected chi connectivity index (χ2v) is 3.17. The van der Waals surface area contributed by atoms with Gasteiger partial charge in [0.1, 0.15) is 0 Å². The summed E-state index contributed by atoms with van der Waals surface area (Å²) < 4.78 is 0. The topological polar surface area (TPSA) is 98.2 Å². The van der Waals surface area contributed by atoms with Gasteiger partial charge in [0.2, 0.25) is 5.91 Å². The summed E-state index contributed by atoms with van der Waals surface area (Å²) in [5.74, 6) is -0.927. The van der Waals surface area contributed by atoms with E-state index in [-0.39, 0.29) is 12.5 Å². The molecule has 2 amide bonds. The van der Waals surface area contributed by atoms with E-state index in [1.54, 1.807) is 25.1 Å². The summed E-state index contributed by atoms with van der Waals surface area (Å²) in [4.78, 5) is 22.0. The van der Waals surface area contributed by atoms with Crippen molar-refractivity contribution in [2.75, 3.05) is 12.3 Å². The van der Waals surface area contributed by atoms with Crippen LogP contribution in [0, 0.1) is 6.92 Å². The molecular weight excluding hydrogens is 194 g/mol. The molecule has 80 valence electrons. The minimum Gasteiger partial charge on any atom is -0.398 e. The first kappa shape index (κ1) is 11.0. The van der Waals surface area contributed by atoms with Crippen molar-refractivity contribution in [3.63, 3.8) is 0 Å². The molecule has 0 aliphatic heterocycles. The number of nitrogens with one attached hydrogen (secondary N) is 1. The number of carbonyl (C=O) groups is 2. The van der Waals surface area contributed by atoms with E-state index in [4.69, 9.17) is 11.5 Å². The van der Waals surface area contributed by atoms with Gasteiger partial charge in [-0.2, -0.15) is 0 Å². The smallest absolute Gasteiger partial charge is 0.252 e. The molecule has 0 heterocycles. The molecule has 0 aromatic heterocycles. The van der Waals surface area contributed by atoms with Crippen LogP contribution in [0.4, 0.5) is 5.69 Å². The van der Waals surface area contributed by atoms with E-state index in [1.807, 2.05) is 0 Å². The lowest BCUT2D eigenvalue weighted by atomic mass is 10.1. The zero-order chi connectivity index (χ0) is 11.4. The Morgan fingerprint density at radius 2 is 2.07 bits per heavy atom. The van der Waals surface area contributed by atoms with Crippen LogP contribution in [-0.4, -0.2) is 18.4 Å². The van der Waals surface area contributed by atoms with Gasteiger partial charge in [-0.05, 0) is 24.6 Å². The maximum Gasteiger partial charge on any atom is 0.252 e. The van der Waals surface area contributed by atoms with Crippen LogP contribution in [0.2, 0.25) is 0 Å². The third-order valence-corrected chi connectivity index (χ3v) is 2.04. The van der Waals surface area contributed by atoms with Gasteiger partial charge in [0, 0.05) is 11.3 Å². The van der Waals surface area contributed by atoms with Gasteiger partial charge in [-0.25, -0.2) is 0 Å². The predicted molar refractivity (Wildman–Crippen MR) is 57.1 cm³/mol. The van der Waals surface area contributed by atoms with E-state index < -0.39 is 5.91 Å². The Balaban J connectivity index is 2.82.